The maximum Gasteiger partial charge on any atom is 0.256 e. The Morgan fingerprint density at radius 3 is 2.90 bits per heavy atom. The minimum Gasteiger partial charge on any atom is -0.384 e. The summed E-state index contributed by atoms with van der Waals surface area (Å²) in [5.41, 5.74) is 0.953. The van der Waals surface area contributed by atoms with Crippen LogP contribution < -0.4 is 10.6 Å². The number of nitrogens with one attached hydrogen (secondary N) is 2. The number of thiophene rings is 1. The van der Waals surface area contributed by atoms with E-state index in [2.05, 4.69) is 15.0 Å². The van der Waals surface area contributed by atoms with Crippen molar-refractivity contribution in [1.82, 2.24) is 9.69 Å². The Bertz CT molecular complexity index is 591. The van der Waals surface area contributed by atoms with Gasteiger partial charge < -0.3 is 15.7 Å². The fraction of sp³-hybridized carbons (Fsp3) is 0.385. The van der Waals surface area contributed by atoms with Crippen LogP contribution in [-0.4, -0.2) is 29.0 Å². The van der Waals surface area contributed by atoms with E-state index in [-0.39, 0.29) is 12.5 Å². The molecule has 2 heterocycles. The average Bonchev–Trinajstić information content (AvgIpc) is 3.05. The molecular formula is C13H17N3O2S2. The largest absolute Gasteiger partial charge is 0.384 e. The highest BCUT2D eigenvalue weighted by Crippen LogP contribution is 2.25. The second-order valence-electron chi connectivity index (χ2n) is 4.69. The van der Waals surface area contributed by atoms with Gasteiger partial charge in [0, 0.05) is 7.05 Å². The van der Waals surface area contributed by atoms with Gasteiger partial charge in [0.25, 0.3) is 5.91 Å². The van der Waals surface area contributed by atoms with E-state index in [1.54, 1.807) is 20.9 Å². The number of aromatic nitrogens is 1. The summed E-state index contributed by atoms with van der Waals surface area (Å²) in [6, 6.07) is 1.85. The zero-order chi connectivity index (χ0) is 14.8. The first kappa shape index (κ1) is 15.0. The van der Waals surface area contributed by atoms with Crippen molar-refractivity contribution in [3.8, 4) is 0 Å². The highest BCUT2D eigenvalue weighted by molar-refractivity contribution is 7.10. The van der Waals surface area contributed by atoms with Crippen molar-refractivity contribution in [3.05, 3.63) is 33.6 Å². The lowest BCUT2D eigenvalue weighted by molar-refractivity contribution is 0.0530. The normalized spacial score (nSPS) is 13.8. The Labute approximate surface area is 125 Å². The number of aliphatic hydroxyl groups is 1. The fourth-order valence-electron chi connectivity index (χ4n) is 1.82. The van der Waals surface area contributed by atoms with Crippen LogP contribution >= 0.6 is 22.9 Å². The third-order valence-electron chi connectivity index (χ3n) is 3.05. The number of hydrogen-bond donors (Lipinski definition) is 3. The molecule has 2 aromatic rings. The van der Waals surface area contributed by atoms with E-state index in [0.717, 1.165) is 10.6 Å². The van der Waals surface area contributed by atoms with E-state index in [1.807, 2.05) is 16.8 Å². The third-order valence-corrected chi connectivity index (χ3v) is 4.69. The molecule has 0 aliphatic heterocycles. The van der Waals surface area contributed by atoms with Gasteiger partial charge in [-0.25, -0.2) is 0 Å². The maximum atomic E-state index is 12.2. The lowest BCUT2D eigenvalue weighted by Crippen LogP contribution is -2.38. The number of aryl methyl sites for hydroxylation is 1. The van der Waals surface area contributed by atoms with Crippen LogP contribution in [-0.2, 0) is 5.60 Å². The Hall–Kier alpha value is -1.44. The van der Waals surface area contributed by atoms with Gasteiger partial charge in [0.2, 0.25) is 0 Å². The van der Waals surface area contributed by atoms with Crippen LogP contribution in [0.2, 0.25) is 0 Å². The summed E-state index contributed by atoms with van der Waals surface area (Å²) in [7, 11) is 1.76. The highest BCUT2D eigenvalue weighted by atomic mass is 32.1. The van der Waals surface area contributed by atoms with Crippen LogP contribution in [0.4, 0.5) is 5.00 Å². The second kappa shape index (κ2) is 5.90. The molecule has 0 saturated carbocycles. The van der Waals surface area contributed by atoms with E-state index in [9.17, 15) is 9.90 Å². The van der Waals surface area contributed by atoms with Gasteiger partial charge in [0.1, 0.15) is 10.6 Å². The third kappa shape index (κ3) is 3.00. The van der Waals surface area contributed by atoms with E-state index < -0.39 is 5.60 Å². The van der Waals surface area contributed by atoms with Gasteiger partial charge in [0.15, 0.2) is 0 Å². The molecule has 0 aromatic carbocycles. The van der Waals surface area contributed by atoms with Crippen molar-refractivity contribution in [2.75, 3.05) is 18.9 Å². The number of amides is 1. The second-order valence-corrected chi connectivity index (χ2v) is 6.24. The molecule has 3 N–H and O–H groups in total. The van der Waals surface area contributed by atoms with Gasteiger partial charge in [-0.15, -0.1) is 0 Å². The Kier molecular flexibility index (Phi) is 4.42. The van der Waals surface area contributed by atoms with Crippen molar-refractivity contribution < 1.29 is 9.90 Å². The fourth-order valence-corrected chi connectivity index (χ4v) is 3.35. The van der Waals surface area contributed by atoms with Crippen LogP contribution in [0.5, 0.6) is 0 Å². The number of carbonyl (C=O) groups excluding carboxylic acids is 1. The van der Waals surface area contributed by atoms with Crippen LogP contribution in [0.15, 0.2) is 16.8 Å². The molecule has 0 spiro atoms. The minimum atomic E-state index is -1.08. The van der Waals surface area contributed by atoms with Gasteiger partial charge in [-0.1, -0.05) is 0 Å². The summed E-state index contributed by atoms with van der Waals surface area (Å²) in [4.78, 5) is 12.2. The van der Waals surface area contributed by atoms with E-state index in [0.29, 0.717) is 11.3 Å². The van der Waals surface area contributed by atoms with Gasteiger partial charge >= 0.3 is 0 Å². The molecule has 7 heteroatoms. The van der Waals surface area contributed by atoms with Gasteiger partial charge in [0.05, 0.1) is 17.8 Å². The summed E-state index contributed by atoms with van der Waals surface area (Å²) >= 11 is 2.77. The quantitative estimate of drug-likeness (QED) is 0.791. The molecule has 0 bridgehead atoms. The molecular weight excluding hydrogens is 294 g/mol. The summed E-state index contributed by atoms with van der Waals surface area (Å²) in [5, 5.41) is 20.6. The Morgan fingerprint density at radius 2 is 2.30 bits per heavy atom. The maximum absolute atomic E-state index is 12.2. The summed E-state index contributed by atoms with van der Waals surface area (Å²) < 4.78 is 4.16. The number of hydrogen-bond acceptors (Lipinski definition) is 6. The van der Waals surface area contributed by atoms with Crippen LogP contribution in [0.25, 0.3) is 0 Å². The zero-order valence-electron chi connectivity index (χ0n) is 11.6. The first-order chi connectivity index (χ1) is 9.45. The molecule has 0 aliphatic rings. The van der Waals surface area contributed by atoms with Crippen molar-refractivity contribution in [2.24, 2.45) is 0 Å². The van der Waals surface area contributed by atoms with Crippen molar-refractivity contribution in [1.29, 1.82) is 0 Å². The number of anilines is 1. The number of rotatable bonds is 5. The highest BCUT2D eigenvalue weighted by Gasteiger charge is 2.26. The van der Waals surface area contributed by atoms with Gasteiger partial charge in [-0.3, -0.25) is 4.79 Å². The molecule has 0 aliphatic carbocycles. The molecule has 0 saturated heterocycles. The lowest BCUT2D eigenvalue weighted by Gasteiger charge is -2.22. The molecule has 20 heavy (non-hydrogen) atoms. The van der Waals surface area contributed by atoms with E-state index in [1.165, 1.54) is 22.9 Å². The standard InChI is InChI=1S/C13H17N3O2S2/c1-8-10(12(14-3)20-16-8)11(17)15-7-13(2,18)9-4-5-19-6-9/h4-6,14,18H,7H2,1-3H3,(H,15,17). The first-order valence-electron chi connectivity index (χ1n) is 6.13. The van der Waals surface area contributed by atoms with Crippen LogP contribution in [0, 0.1) is 6.92 Å². The summed E-state index contributed by atoms with van der Waals surface area (Å²) in [5.74, 6) is -0.226. The van der Waals surface area contributed by atoms with Gasteiger partial charge in [-0.2, -0.15) is 15.7 Å². The molecule has 1 unspecified atom stereocenters. The molecule has 0 radical (unpaired) electrons. The smallest absolute Gasteiger partial charge is 0.256 e. The van der Waals surface area contributed by atoms with E-state index >= 15 is 0 Å². The predicted molar refractivity (Wildman–Crippen MR) is 82.6 cm³/mol. The van der Waals surface area contributed by atoms with Crippen molar-refractivity contribution in [2.45, 2.75) is 19.4 Å². The predicted octanol–water partition coefficient (Wildman–Crippen LogP) is 2.19. The van der Waals surface area contributed by atoms with Crippen LogP contribution in [0.3, 0.4) is 0 Å². The molecule has 1 atom stereocenters. The SMILES string of the molecule is CNc1snc(C)c1C(=O)NCC(C)(O)c1ccsc1. The van der Waals surface area contributed by atoms with Crippen molar-refractivity contribution in [3.63, 3.8) is 0 Å². The lowest BCUT2D eigenvalue weighted by atomic mass is 9.99. The topological polar surface area (TPSA) is 74.2 Å². The average molecular weight is 311 g/mol. The minimum absolute atomic E-state index is 0.154. The summed E-state index contributed by atoms with van der Waals surface area (Å²) in [6.07, 6.45) is 0. The molecule has 2 rings (SSSR count). The van der Waals surface area contributed by atoms with Crippen LogP contribution in [0.1, 0.15) is 28.5 Å². The first-order valence-corrected chi connectivity index (χ1v) is 7.84. The number of carbonyl (C=O) groups is 1. The molecule has 108 valence electrons. The Balaban J connectivity index is 2.07. The summed E-state index contributed by atoms with van der Waals surface area (Å²) in [6.45, 7) is 3.64. The molecule has 0 fully saturated rings. The molecule has 1 amide bonds. The number of nitrogens with zero attached hydrogens (tertiary/aromatic N) is 1. The molecule has 2 aromatic heterocycles. The van der Waals surface area contributed by atoms with Crippen molar-refractivity contribution >= 4 is 33.8 Å². The van der Waals surface area contributed by atoms with E-state index in [4.69, 9.17) is 0 Å². The van der Waals surface area contributed by atoms with Gasteiger partial charge in [-0.05, 0) is 47.8 Å². The zero-order valence-corrected chi connectivity index (χ0v) is 13.2. The monoisotopic (exact) mass is 311 g/mol. The Morgan fingerprint density at radius 1 is 1.55 bits per heavy atom. The molecule has 5 nitrogen and oxygen atoms in total.